The summed E-state index contributed by atoms with van der Waals surface area (Å²) in [5.41, 5.74) is 3.73. The minimum atomic E-state index is -0.167. The maximum absolute atomic E-state index is 12.3. The van der Waals surface area contributed by atoms with Crippen molar-refractivity contribution in [2.45, 2.75) is 20.4 Å². The van der Waals surface area contributed by atoms with Gasteiger partial charge in [0.2, 0.25) is 5.91 Å². The molecule has 0 saturated carbocycles. The Hall–Kier alpha value is -1.75. The van der Waals surface area contributed by atoms with Gasteiger partial charge < -0.3 is 10.1 Å². The number of carbonyl (C=O) groups is 1. The second kappa shape index (κ2) is 8.56. The van der Waals surface area contributed by atoms with Crippen molar-refractivity contribution in [1.82, 2.24) is 4.90 Å². The van der Waals surface area contributed by atoms with Crippen LogP contribution in [0.3, 0.4) is 0 Å². The predicted molar refractivity (Wildman–Crippen MR) is 104 cm³/mol. The van der Waals surface area contributed by atoms with Crippen molar-refractivity contribution in [3.63, 3.8) is 0 Å². The fraction of sp³-hybridized carbons (Fsp3) is 0.316. The summed E-state index contributed by atoms with van der Waals surface area (Å²) < 4.78 is 5.39. The molecule has 25 heavy (non-hydrogen) atoms. The quantitative estimate of drug-likeness (QED) is 0.789. The Bertz CT molecular complexity index is 735. The fourth-order valence-corrected chi connectivity index (χ4v) is 3.35. The van der Waals surface area contributed by atoms with Gasteiger partial charge in [-0.05, 0) is 49.7 Å². The van der Waals surface area contributed by atoms with Gasteiger partial charge in [-0.1, -0.05) is 41.4 Å². The number of benzene rings is 2. The van der Waals surface area contributed by atoms with Crippen LogP contribution in [-0.2, 0) is 11.3 Å². The number of halogens is 2. The van der Waals surface area contributed by atoms with Crippen LogP contribution < -0.4 is 10.1 Å². The predicted octanol–water partition coefficient (Wildman–Crippen LogP) is 4.69. The van der Waals surface area contributed by atoms with E-state index in [1.807, 2.05) is 25.8 Å². The Labute approximate surface area is 158 Å². The van der Waals surface area contributed by atoms with Gasteiger partial charge in [0.25, 0.3) is 0 Å². The molecule has 0 atom stereocenters. The zero-order valence-corrected chi connectivity index (χ0v) is 16.3. The van der Waals surface area contributed by atoms with Crippen LogP contribution in [0.5, 0.6) is 5.75 Å². The van der Waals surface area contributed by atoms with Crippen molar-refractivity contribution >= 4 is 34.8 Å². The number of hydrogen-bond donors (Lipinski definition) is 1. The molecule has 0 aromatic heterocycles. The van der Waals surface area contributed by atoms with Gasteiger partial charge in [0.1, 0.15) is 5.75 Å². The van der Waals surface area contributed by atoms with Crippen LogP contribution >= 0.6 is 23.2 Å². The lowest BCUT2D eigenvalue weighted by atomic mass is 10.1. The molecule has 0 fully saturated rings. The minimum absolute atomic E-state index is 0.167. The summed E-state index contributed by atoms with van der Waals surface area (Å²) in [4.78, 5) is 14.2. The smallest absolute Gasteiger partial charge is 0.238 e. The SMILES string of the molecule is COc1c(C)cc(CN(C)CC(=O)Nc2c(Cl)cccc2Cl)cc1C. The van der Waals surface area contributed by atoms with Crippen molar-refractivity contribution in [2.75, 3.05) is 26.0 Å². The first kappa shape index (κ1) is 19.6. The highest BCUT2D eigenvalue weighted by Gasteiger charge is 2.13. The summed E-state index contributed by atoms with van der Waals surface area (Å²) >= 11 is 12.2. The number of para-hydroxylation sites is 1. The first-order valence-electron chi connectivity index (χ1n) is 7.88. The number of carbonyl (C=O) groups excluding carboxylic acids is 1. The molecule has 0 aliphatic heterocycles. The second-order valence-corrected chi connectivity index (χ2v) is 6.89. The Kier molecular flexibility index (Phi) is 6.71. The molecule has 4 nitrogen and oxygen atoms in total. The van der Waals surface area contributed by atoms with E-state index in [-0.39, 0.29) is 12.5 Å². The first-order valence-corrected chi connectivity index (χ1v) is 8.64. The molecule has 0 radical (unpaired) electrons. The van der Waals surface area contributed by atoms with Gasteiger partial charge in [-0.2, -0.15) is 0 Å². The molecule has 0 saturated heterocycles. The van der Waals surface area contributed by atoms with Gasteiger partial charge >= 0.3 is 0 Å². The Morgan fingerprint density at radius 2 is 1.72 bits per heavy atom. The number of ether oxygens (including phenoxy) is 1. The normalized spacial score (nSPS) is 10.8. The van der Waals surface area contributed by atoms with E-state index in [9.17, 15) is 4.79 Å². The van der Waals surface area contributed by atoms with E-state index >= 15 is 0 Å². The van der Waals surface area contributed by atoms with Crippen molar-refractivity contribution in [1.29, 1.82) is 0 Å². The summed E-state index contributed by atoms with van der Waals surface area (Å²) in [7, 11) is 3.56. The van der Waals surface area contributed by atoms with E-state index in [2.05, 4.69) is 17.4 Å². The molecule has 2 rings (SSSR count). The number of likely N-dealkylation sites (N-methyl/N-ethyl adjacent to an activating group) is 1. The molecule has 0 unspecified atom stereocenters. The summed E-state index contributed by atoms with van der Waals surface area (Å²) in [6.07, 6.45) is 0. The van der Waals surface area contributed by atoms with Crippen LogP contribution in [0.15, 0.2) is 30.3 Å². The van der Waals surface area contributed by atoms with Crippen LogP contribution in [-0.4, -0.2) is 31.5 Å². The molecule has 134 valence electrons. The number of aryl methyl sites for hydroxylation is 2. The molecule has 0 aliphatic rings. The Morgan fingerprint density at radius 3 is 2.24 bits per heavy atom. The largest absolute Gasteiger partial charge is 0.496 e. The summed E-state index contributed by atoms with van der Waals surface area (Å²) in [6, 6.07) is 9.27. The lowest BCUT2D eigenvalue weighted by Crippen LogP contribution is -2.30. The third-order valence-electron chi connectivity index (χ3n) is 3.82. The van der Waals surface area contributed by atoms with Gasteiger partial charge in [-0.3, -0.25) is 9.69 Å². The number of nitrogens with one attached hydrogen (secondary N) is 1. The molecule has 0 heterocycles. The van der Waals surface area contributed by atoms with Crippen molar-refractivity contribution in [3.05, 3.63) is 57.1 Å². The Balaban J connectivity index is 2.00. The molecular formula is C19H22Cl2N2O2. The maximum Gasteiger partial charge on any atom is 0.238 e. The zero-order chi connectivity index (χ0) is 18.6. The fourth-order valence-electron chi connectivity index (χ4n) is 2.86. The summed E-state index contributed by atoms with van der Waals surface area (Å²) in [5.74, 6) is 0.733. The van der Waals surface area contributed by atoms with E-state index < -0.39 is 0 Å². The summed E-state index contributed by atoms with van der Waals surface area (Å²) in [5, 5.41) is 3.61. The van der Waals surface area contributed by atoms with Crippen molar-refractivity contribution in [2.24, 2.45) is 0 Å². The van der Waals surface area contributed by atoms with E-state index in [4.69, 9.17) is 27.9 Å². The van der Waals surface area contributed by atoms with Gasteiger partial charge in [0.05, 0.1) is 29.4 Å². The topological polar surface area (TPSA) is 41.6 Å². The molecule has 0 bridgehead atoms. The average molecular weight is 381 g/mol. The molecule has 0 aliphatic carbocycles. The van der Waals surface area contributed by atoms with Crippen LogP contribution in [0.4, 0.5) is 5.69 Å². The monoisotopic (exact) mass is 380 g/mol. The first-order chi connectivity index (χ1) is 11.8. The molecule has 6 heteroatoms. The molecule has 1 N–H and O–H groups in total. The van der Waals surface area contributed by atoms with Crippen LogP contribution in [0, 0.1) is 13.8 Å². The standard InChI is InChI=1S/C19H22Cl2N2O2/c1-12-8-14(9-13(2)19(12)25-4)10-23(3)11-17(24)22-18-15(20)6-5-7-16(18)21/h5-9H,10-11H2,1-4H3,(H,22,24). The minimum Gasteiger partial charge on any atom is -0.496 e. The number of rotatable bonds is 6. The Morgan fingerprint density at radius 1 is 1.16 bits per heavy atom. The van der Waals surface area contributed by atoms with E-state index in [0.717, 1.165) is 22.4 Å². The van der Waals surface area contributed by atoms with Crippen LogP contribution in [0.1, 0.15) is 16.7 Å². The second-order valence-electron chi connectivity index (χ2n) is 6.08. The van der Waals surface area contributed by atoms with Gasteiger partial charge in [-0.25, -0.2) is 0 Å². The highest BCUT2D eigenvalue weighted by Crippen LogP contribution is 2.29. The number of methoxy groups -OCH3 is 1. The molecule has 0 spiro atoms. The third-order valence-corrected chi connectivity index (χ3v) is 4.45. The van der Waals surface area contributed by atoms with Crippen LogP contribution in [0.25, 0.3) is 0 Å². The van der Waals surface area contributed by atoms with E-state index in [1.54, 1.807) is 25.3 Å². The maximum atomic E-state index is 12.3. The lowest BCUT2D eigenvalue weighted by molar-refractivity contribution is -0.117. The number of nitrogens with zero attached hydrogens (tertiary/aromatic N) is 1. The summed E-state index contributed by atoms with van der Waals surface area (Å²) in [6.45, 7) is 4.91. The van der Waals surface area contributed by atoms with Crippen molar-refractivity contribution < 1.29 is 9.53 Å². The van der Waals surface area contributed by atoms with E-state index in [1.165, 1.54) is 0 Å². The van der Waals surface area contributed by atoms with Crippen molar-refractivity contribution in [3.8, 4) is 5.75 Å². The molecule has 1 amide bonds. The molecular weight excluding hydrogens is 359 g/mol. The molecule has 2 aromatic carbocycles. The van der Waals surface area contributed by atoms with Gasteiger partial charge in [0.15, 0.2) is 0 Å². The number of hydrogen-bond acceptors (Lipinski definition) is 3. The third kappa shape index (κ3) is 5.11. The number of anilines is 1. The van der Waals surface area contributed by atoms with E-state index in [0.29, 0.717) is 22.3 Å². The average Bonchev–Trinajstić information content (AvgIpc) is 2.50. The van der Waals surface area contributed by atoms with Crippen LogP contribution in [0.2, 0.25) is 10.0 Å². The van der Waals surface area contributed by atoms with Gasteiger partial charge in [0, 0.05) is 6.54 Å². The zero-order valence-electron chi connectivity index (χ0n) is 14.8. The number of amides is 1. The lowest BCUT2D eigenvalue weighted by Gasteiger charge is -2.19. The highest BCUT2D eigenvalue weighted by atomic mass is 35.5. The highest BCUT2D eigenvalue weighted by molar-refractivity contribution is 6.39. The van der Waals surface area contributed by atoms with Gasteiger partial charge in [-0.15, -0.1) is 0 Å². The molecule has 2 aromatic rings.